The quantitative estimate of drug-likeness (QED) is 0.473. The molecule has 180 valence electrons. The lowest BCUT2D eigenvalue weighted by Crippen LogP contribution is -2.41. The molecule has 0 fully saturated rings. The second-order valence-corrected chi connectivity index (χ2v) is 10.3. The van der Waals surface area contributed by atoms with E-state index < -0.39 is 10.0 Å². The van der Waals surface area contributed by atoms with Crippen molar-refractivity contribution < 1.29 is 17.9 Å². The fourth-order valence-electron chi connectivity index (χ4n) is 4.07. The summed E-state index contributed by atoms with van der Waals surface area (Å²) >= 11 is 0. The molecule has 3 aromatic rings. The van der Waals surface area contributed by atoms with E-state index in [2.05, 4.69) is 5.32 Å². The number of sulfonamides is 1. The monoisotopic (exact) mass is 480 g/mol. The van der Waals surface area contributed by atoms with Gasteiger partial charge in [0.1, 0.15) is 5.75 Å². The van der Waals surface area contributed by atoms with Crippen molar-refractivity contribution in [3.63, 3.8) is 0 Å². The summed E-state index contributed by atoms with van der Waals surface area (Å²) in [5.41, 5.74) is 4.23. The molecule has 1 amide bonds. The summed E-state index contributed by atoms with van der Waals surface area (Å²) in [6.07, 6.45) is 0.636. The maximum absolute atomic E-state index is 13.7. The Bertz CT molecular complexity index is 1200. The van der Waals surface area contributed by atoms with Crippen molar-refractivity contribution in [1.82, 2.24) is 9.62 Å². The fourth-order valence-corrected chi connectivity index (χ4v) is 5.87. The first kappa shape index (κ1) is 25.5. The maximum atomic E-state index is 13.7. The summed E-state index contributed by atoms with van der Waals surface area (Å²) < 4.78 is 33.9. The third-order valence-electron chi connectivity index (χ3n) is 5.62. The predicted molar refractivity (Wildman–Crippen MR) is 134 cm³/mol. The lowest BCUT2D eigenvalue weighted by molar-refractivity contribution is -0.121. The first-order valence-corrected chi connectivity index (χ1v) is 12.7. The molecular formula is C27H32N2O4S. The van der Waals surface area contributed by atoms with Gasteiger partial charge in [-0.15, -0.1) is 0 Å². The summed E-state index contributed by atoms with van der Waals surface area (Å²) in [6, 6.07) is 20.7. The van der Waals surface area contributed by atoms with Crippen molar-refractivity contribution in [3.05, 3.63) is 94.5 Å². The van der Waals surface area contributed by atoms with Gasteiger partial charge in [0, 0.05) is 13.1 Å². The number of hydrogen-bond acceptors (Lipinski definition) is 4. The van der Waals surface area contributed by atoms with Crippen LogP contribution in [0.15, 0.2) is 71.6 Å². The average molecular weight is 481 g/mol. The third-order valence-corrected chi connectivity index (χ3v) is 7.72. The van der Waals surface area contributed by atoms with Crippen LogP contribution < -0.4 is 10.1 Å². The Balaban J connectivity index is 1.77. The molecule has 3 aromatic carbocycles. The number of rotatable bonds is 10. The Morgan fingerprint density at radius 1 is 0.912 bits per heavy atom. The van der Waals surface area contributed by atoms with Crippen LogP contribution in [-0.2, 0) is 27.8 Å². The number of ether oxygens (including phenoxy) is 1. The number of nitrogens with one attached hydrogen (secondary N) is 1. The van der Waals surface area contributed by atoms with E-state index in [-0.39, 0.29) is 23.9 Å². The molecule has 0 saturated carbocycles. The zero-order valence-electron chi connectivity index (χ0n) is 20.2. The van der Waals surface area contributed by atoms with Crippen LogP contribution in [0.1, 0.15) is 27.8 Å². The predicted octanol–water partition coefficient (Wildman–Crippen LogP) is 4.17. The van der Waals surface area contributed by atoms with E-state index in [0.29, 0.717) is 24.1 Å². The minimum absolute atomic E-state index is 0.113. The highest BCUT2D eigenvalue weighted by Gasteiger charge is 2.29. The largest absolute Gasteiger partial charge is 0.497 e. The molecule has 34 heavy (non-hydrogen) atoms. The van der Waals surface area contributed by atoms with Gasteiger partial charge in [0.25, 0.3) is 0 Å². The van der Waals surface area contributed by atoms with Crippen molar-refractivity contribution in [1.29, 1.82) is 0 Å². The van der Waals surface area contributed by atoms with Crippen molar-refractivity contribution in [3.8, 4) is 5.75 Å². The first-order chi connectivity index (χ1) is 16.2. The van der Waals surface area contributed by atoms with E-state index >= 15 is 0 Å². The van der Waals surface area contributed by atoms with Crippen LogP contribution >= 0.6 is 0 Å². The molecule has 0 spiro atoms. The molecule has 0 aliphatic rings. The molecule has 0 saturated heterocycles. The fraction of sp³-hybridized carbons (Fsp3) is 0.296. The highest BCUT2D eigenvalue weighted by atomic mass is 32.2. The highest BCUT2D eigenvalue weighted by Crippen LogP contribution is 2.26. The molecule has 1 N–H and O–H groups in total. The van der Waals surface area contributed by atoms with E-state index in [0.717, 1.165) is 22.4 Å². The van der Waals surface area contributed by atoms with Crippen LogP contribution in [0, 0.1) is 20.8 Å². The SMILES string of the molecule is COc1ccc(CCNC(=O)CN(Cc2ccccc2)S(=O)(=O)c2c(C)cc(C)cc2C)cc1. The highest BCUT2D eigenvalue weighted by molar-refractivity contribution is 7.89. The third kappa shape index (κ3) is 6.46. The van der Waals surface area contributed by atoms with Gasteiger partial charge in [-0.3, -0.25) is 4.79 Å². The summed E-state index contributed by atoms with van der Waals surface area (Å²) in [5.74, 6) is 0.437. The maximum Gasteiger partial charge on any atom is 0.244 e. The number of carbonyl (C=O) groups excluding carboxylic acids is 1. The molecule has 0 aliphatic heterocycles. The van der Waals surface area contributed by atoms with Gasteiger partial charge < -0.3 is 10.1 Å². The van der Waals surface area contributed by atoms with Gasteiger partial charge in [0.15, 0.2) is 0 Å². The average Bonchev–Trinajstić information content (AvgIpc) is 2.79. The molecule has 3 rings (SSSR count). The number of hydrogen-bond donors (Lipinski definition) is 1. The van der Waals surface area contributed by atoms with Crippen LogP contribution in [0.2, 0.25) is 0 Å². The molecule has 0 radical (unpaired) electrons. The number of carbonyl (C=O) groups is 1. The van der Waals surface area contributed by atoms with Crippen LogP contribution in [0.4, 0.5) is 0 Å². The minimum atomic E-state index is -3.90. The Morgan fingerprint density at radius 3 is 2.12 bits per heavy atom. The molecule has 0 unspecified atom stereocenters. The standard InChI is InChI=1S/C27H32N2O4S/c1-20-16-21(2)27(22(3)17-20)34(31,32)29(18-24-8-6-5-7-9-24)19-26(30)28-15-14-23-10-12-25(33-4)13-11-23/h5-13,16-17H,14-15,18-19H2,1-4H3,(H,28,30). The van der Waals surface area contributed by atoms with Crippen LogP contribution in [-0.4, -0.2) is 38.8 Å². The minimum Gasteiger partial charge on any atom is -0.497 e. The summed E-state index contributed by atoms with van der Waals surface area (Å²) in [5, 5.41) is 2.86. The Labute approximate surface area is 202 Å². The van der Waals surface area contributed by atoms with Gasteiger partial charge in [-0.1, -0.05) is 60.2 Å². The zero-order valence-corrected chi connectivity index (χ0v) is 21.0. The van der Waals surface area contributed by atoms with E-state index in [1.807, 2.05) is 73.7 Å². The zero-order chi connectivity index (χ0) is 24.7. The molecule has 0 aliphatic carbocycles. The summed E-state index contributed by atoms with van der Waals surface area (Å²) in [6.45, 7) is 5.79. The van der Waals surface area contributed by atoms with Gasteiger partial charge in [0.05, 0.1) is 18.6 Å². The molecular weight excluding hydrogens is 448 g/mol. The molecule has 6 nitrogen and oxygen atoms in total. The molecule has 0 heterocycles. The number of aryl methyl sites for hydroxylation is 3. The normalized spacial score (nSPS) is 11.4. The number of methoxy groups -OCH3 is 1. The molecule has 0 aromatic heterocycles. The first-order valence-electron chi connectivity index (χ1n) is 11.2. The van der Waals surface area contributed by atoms with Crippen LogP contribution in [0.3, 0.4) is 0 Å². The van der Waals surface area contributed by atoms with Gasteiger partial charge in [-0.05, 0) is 61.6 Å². The summed E-state index contributed by atoms with van der Waals surface area (Å²) in [4.78, 5) is 13.1. The van der Waals surface area contributed by atoms with E-state index in [9.17, 15) is 13.2 Å². The van der Waals surface area contributed by atoms with E-state index in [1.165, 1.54) is 4.31 Å². The molecule has 7 heteroatoms. The Hall–Kier alpha value is -3.16. The summed E-state index contributed by atoms with van der Waals surface area (Å²) in [7, 11) is -2.28. The van der Waals surface area contributed by atoms with Crippen LogP contribution in [0.25, 0.3) is 0 Å². The second kappa shape index (κ2) is 11.3. The number of nitrogens with zero attached hydrogens (tertiary/aromatic N) is 1. The van der Waals surface area contributed by atoms with E-state index in [4.69, 9.17) is 4.74 Å². The Kier molecular flexibility index (Phi) is 8.47. The van der Waals surface area contributed by atoms with Crippen molar-refractivity contribution in [2.45, 2.75) is 38.6 Å². The molecule has 0 bridgehead atoms. The van der Waals surface area contributed by atoms with Crippen molar-refractivity contribution in [2.75, 3.05) is 20.2 Å². The lowest BCUT2D eigenvalue weighted by Gasteiger charge is -2.24. The van der Waals surface area contributed by atoms with Gasteiger partial charge in [-0.25, -0.2) is 8.42 Å². The van der Waals surface area contributed by atoms with Gasteiger partial charge in [-0.2, -0.15) is 4.31 Å². The number of benzene rings is 3. The molecule has 0 atom stereocenters. The van der Waals surface area contributed by atoms with Crippen molar-refractivity contribution in [2.24, 2.45) is 0 Å². The Morgan fingerprint density at radius 2 is 1.53 bits per heavy atom. The lowest BCUT2D eigenvalue weighted by atomic mass is 10.1. The van der Waals surface area contributed by atoms with Gasteiger partial charge in [0.2, 0.25) is 15.9 Å². The van der Waals surface area contributed by atoms with Gasteiger partial charge >= 0.3 is 0 Å². The second-order valence-electron chi connectivity index (χ2n) is 8.43. The smallest absolute Gasteiger partial charge is 0.244 e. The van der Waals surface area contributed by atoms with Crippen molar-refractivity contribution >= 4 is 15.9 Å². The van der Waals surface area contributed by atoms with Crippen LogP contribution in [0.5, 0.6) is 5.75 Å². The number of amides is 1. The van der Waals surface area contributed by atoms with E-state index in [1.54, 1.807) is 21.0 Å². The topological polar surface area (TPSA) is 75.7 Å².